The number of fused-ring (bicyclic) bond motifs is 2. The molecule has 0 aromatic heterocycles. The number of aliphatic hydroxyl groups excluding tert-OH is 1. The maximum atomic E-state index is 15.8. The molecule has 2 fully saturated rings. The van der Waals surface area contributed by atoms with E-state index < -0.39 is 29.2 Å². The molecular formula is C30H36Cl2FN3O3. The van der Waals surface area contributed by atoms with E-state index in [0.29, 0.717) is 29.2 Å². The molecule has 210 valence electrons. The summed E-state index contributed by atoms with van der Waals surface area (Å²) in [6.45, 7) is 6.71. The van der Waals surface area contributed by atoms with Gasteiger partial charge in [0.25, 0.3) is 0 Å². The highest BCUT2D eigenvalue weighted by Crippen LogP contribution is 2.57. The van der Waals surface area contributed by atoms with Crippen LogP contribution in [0.4, 0.5) is 10.1 Å². The average Bonchev–Trinajstić information content (AvgIpc) is 3.34. The lowest BCUT2D eigenvalue weighted by atomic mass is 9.62. The molecule has 6 nitrogen and oxygen atoms in total. The van der Waals surface area contributed by atoms with Crippen LogP contribution in [0.1, 0.15) is 69.9 Å². The van der Waals surface area contributed by atoms with Crippen LogP contribution in [0.25, 0.3) is 0 Å². The van der Waals surface area contributed by atoms with Crippen molar-refractivity contribution < 1.29 is 19.1 Å². The monoisotopic (exact) mass is 575 g/mol. The first-order chi connectivity index (χ1) is 18.4. The molecule has 2 aromatic carbocycles. The third-order valence-electron chi connectivity index (χ3n) is 8.60. The summed E-state index contributed by atoms with van der Waals surface area (Å²) in [5.74, 6) is -1.80. The average molecular weight is 577 g/mol. The summed E-state index contributed by atoms with van der Waals surface area (Å²) >= 11 is 12.5. The van der Waals surface area contributed by atoms with Gasteiger partial charge in [-0.1, -0.05) is 62.2 Å². The lowest BCUT2D eigenvalue weighted by Gasteiger charge is -2.37. The second kappa shape index (κ2) is 10.7. The van der Waals surface area contributed by atoms with Crippen LogP contribution < -0.4 is 16.0 Å². The van der Waals surface area contributed by atoms with E-state index in [9.17, 15) is 14.7 Å². The van der Waals surface area contributed by atoms with Crippen LogP contribution in [-0.4, -0.2) is 41.7 Å². The number of anilines is 1. The molecule has 0 unspecified atom stereocenters. The zero-order valence-electron chi connectivity index (χ0n) is 22.5. The van der Waals surface area contributed by atoms with E-state index in [1.165, 1.54) is 6.07 Å². The highest BCUT2D eigenvalue weighted by molar-refractivity contribution is 6.31. The second-order valence-corrected chi connectivity index (χ2v) is 13.4. The van der Waals surface area contributed by atoms with Gasteiger partial charge in [0, 0.05) is 29.2 Å². The van der Waals surface area contributed by atoms with Crippen LogP contribution >= 0.6 is 23.2 Å². The zero-order chi connectivity index (χ0) is 28.1. The lowest BCUT2D eigenvalue weighted by molar-refractivity contribution is -0.124. The van der Waals surface area contributed by atoms with Crippen LogP contribution in [0.15, 0.2) is 36.4 Å². The van der Waals surface area contributed by atoms with Gasteiger partial charge in [0.15, 0.2) is 0 Å². The highest BCUT2D eigenvalue weighted by Gasteiger charge is 2.66. The number of amides is 2. The molecule has 2 aromatic rings. The number of carbonyl (C=O) groups is 2. The first-order valence-electron chi connectivity index (χ1n) is 13.7. The third kappa shape index (κ3) is 5.19. The minimum absolute atomic E-state index is 0.0587. The minimum atomic E-state index is -1.27. The molecule has 0 radical (unpaired) electrons. The number of hydrogen-bond acceptors (Lipinski definition) is 4. The number of rotatable bonds is 5. The Morgan fingerprint density at radius 1 is 1.15 bits per heavy atom. The number of carbonyl (C=O) groups excluding carboxylic acids is 2. The lowest BCUT2D eigenvalue weighted by Crippen LogP contribution is -2.49. The van der Waals surface area contributed by atoms with Crippen LogP contribution in [0.2, 0.25) is 10.0 Å². The third-order valence-corrected chi connectivity index (χ3v) is 9.13. The van der Waals surface area contributed by atoms with Crippen LogP contribution in [0.3, 0.4) is 0 Å². The Morgan fingerprint density at radius 3 is 2.56 bits per heavy atom. The maximum absolute atomic E-state index is 15.8. The fraction of sp³-hybridized carbons (Fsp3) is 0.533. The van der Waals surface area contributed by atoms with Crippen molar-refractivity contribution in [1.82, 2.24) is 10.6 Å². The molecule has 3 aliphatic rings. The first-order valence-corrected chi connectivity index (χ1v) is 14.4. The van der Waals surface area contributed by atoms with E-state index in [1.54, 1.807) is 24.3 Å². The maximum Gasteiger partial charge on any atom is 0.237 e. The summed E-state index contributed by atoms with van der Waals surface area (Å²) in [7, 11) is 0. The first kappa shape index (κ1) is 28.3. The Balaban J connectivity index is 1.61. The van der Waals surface area contributed by atoms with E-state index in [0.717, 1.165) is 25.7 Å². The Morgan fingerprint density at radius 2 is 1.87 bits per heavy atom. The smallest absolute Gasteiger partial charge is 0.237 e. The Kier molecular flexibility index (Phi) is 7.74. The molecule has 2 aliphatic heterocycles. The molecule has 0 bridgehead atoms. The number of nitrogens with one attached hydrogen (secondary N) is 3. The van der Waals surface area contributed by atoms with Gasteiger partial charge in [-0.3, -0.25) is 9.59 Å². The van der Waals surface area contributed by atoms with Gasteiger partial charge in [-0.05, 0) is 72.8 Å². The highest BCUT2D eigenvalue weighted by atomic mass is 35.5. The van der Waals surface area contributed by atoms with Gasteiger partial charge in [-0.25, -0.2) is 4.39 Å². The summed E-state index contributed by atoms with van der Waals surface area (Å²) in [6, 6.07) is 8.65. The van der Waals surface area contributed by atoms with Crippen LogP contribution in [-0.2, 0) is 15.0 Å². The molecular weight excluding hydrogens is 540 g/mol. The molecule has 4 atom stereocenters. The normalized spacial score (nSPS) is 30.3. The molecule has 1 saturated carbocycles. The van der Waals surface area contributed by atoms with E-state index in [-0.39, 0.29) is 39.8 Å². The summed E-state index contributed by atoms with van der Waals surface area (Å²) in [5, 5.41) is 19.9. The molecule has 2 amide bonds. The zero-order valence-corrected chi connectivity index (χ0v) is 24.0. The Hall–Kier alpha value is -2.19. The second-order valence-electron chi connectivity index (χ2n) is 12.5. The summed E-state index contributed by atoms with van der Waals surface area (Å²) in [4.78, 5) is 28.1. The SMILES string of the molecule is CC(C)(C)C[C@@H]1N[C@@H](C(=O)NCC2CCC(O)CC2)[C@H](c2cccc(Cl)c2F)[C@]12C(=O)Nc1cc(Cl)ccc12. The molecule has 39 heavy (non-hydrogen) atoms. The molecule has 2 heterocycles. The number of aliphatic hydroxyl groups is 1. The van der Waals surface area contributed by atoms with Crippen molar-refractivity contribution >= 4 is 40.7 Å². The van der Waals surface area contributed by atoms with E-state index in [1.807, 2.05) is 6.07 Å². The van der Waals surface area contributed by atoms with Crippen molar-refractivity contribution in [2.24, 2.45) is 11.3 Å². The fourth-order valence-electron chi connectivity index (χ4n) is 6.86. The fourth-order valence-corrected chi connectivity index (χ4v) is 7.21. The summed E-state index contributed by atoms with van der Waals surface area (Å²) in [5.41, 5.74) is 0.0222. The summed E-state index contributed by atoms with van der Waals surface area (Å²) < 4.78 is 15.8. The molecule has 4 N–H and O–H groups in total. The van der Waals surface area contributed by atoms with Crippen LogP contribution in [0, 0.1) is 17.2 Å². The number of benzene rings is 2. The van der Waals surface area contributed by atoms with Crippen molar-refractivity contribution in [3.63, 3.8) is 0 Å². The topological polar surface area (TPSA) is 90.5 Å². The van der Waals surface area contributed by atoms with Gasteiger partial charge in [0.2, 0.25) is 11.8 Å². The van der Waals surface area contributed by atoms with Crippen LogP contribution in [0.5, 0.6) is 0 Å². The largest absolute Gasteiger partial charge is 0.393 e. The standard InChI is InChI=1S/C30H36Cl2FN3O3/c1-29(2,3)14-23-30(20-12-9-17(31)13-22(20)35-28(30)39)24(19-5-4-6-21(32)25(19)33)26(36-23)27(38)34-15-16-7-10-18(37)11-8-16/h4-6,9,12-13,16,18,23-24,26,36-37H,7-8,10-11,14-15H2,1-3H3,(H,34,38)(H,35,39)/t16?,18?,23-,24-,26+,30+/m0/s1. The molecule has 1 saturated heterocycles. The predicted octanol–water partition coefficient (Wildman–Crippen LogP) is 5.55. The van der Waals surface area contributed by atoms with Crippen molar-refractivity contribution in [3.8, 4) is 0 Å². The van der Waals surface area contributed by atoms with E-state index in [2.05, 4.69) is 36.7 Å². The Labute approximate surface area is 239 Å². The molecule has 1 spiro atoms. The summed E-state index contributed by atoms with van der Waals surface area (Å²) in [6.07, 6.45) is 3.38. The Bertz CT molecular complexity index is 1270. The van der Waals surface area contributed by atoms with Gasteiger partial charge in [0.05, 0.1) is 17.2 Å². The van der Waals surface area contributed by atoms with Crippen molar-refractivity contribution in [1.29, 1.82) is 0 Å². The minimum Gasteiger partial charge on any atom is -0.393 e. The van der Waals surface area contributed by atoms with Crippen molar-refractivity contribution in [2.45, 2.75) is 82.4 Å². The van der Waals surface area contributed by atoms with Gasteiger partial charge in [-0.2, -0.15) is 0 Å². The predicted molar refractivity (Wildman–Crippen MR) is 152 cm³/mol. The van der Waals surface area contributed by atoms with E-state index >= 15 is 4.39 Å². The molecule has 5 rings (SSSR count). The number of hydrogen-bond donors (Lipinski definition) is 4. The van der Waals surface area contributed by atoms with Gasteiger partial charge < -0.3 is 21.1 Å². The van der Waals surface area contributed by atoms with Gasteiger partial charge >= 0.3 is 0 Å². The van der Waals surface area contributed by atoms with Crippen molar-refractivity contribution in [2.75, 3.05) is 11.9 Å². The van der Waals surface area contributed by atoms with Gasteiger partial charge in [0.1, 0.15) is 11.2 Å². The molecule has 1 aliphatic carbocycles. The quantitative estimate of drug-likeness (QED) is 0.376. The van der Waals surface area contributed by atoms with Crippen molar-refractivity contribution in [3.05, 3.63) is 63.4 Å². The van der Waals surface area contributed by atoms with E-state index in [4.69, 9.17) is 23.2 Å². The van der Waals surface area contributed by atoms with Gasteiger partial charge in [-0.15, -0.1) is 0 Å². The number of halogens is 3. The molecule has 9 heteroatoms.